The lowest BCUT2D eigenvalue weighted by Crippen LogP contribution is -2.40. The molecule has 1 unspecified atom stereocenters. The molecule has 0 aromatic rings. The molecule has 0 heterocycles. The Morgan fingerprint density at radius 1 is 1.11 bits per heavy atom. The molecule has 2 amide bonds. The highest BCUT2D eigenvalue weighted by Crippen LogP contribution is 2.10. The molecule has 0 aliphatic carbocycles. The monoisotopic (exact) mass is 272 g/mol. The highest BCUT2D eigenvalue weighted by atomic mass is 16.4. The fourth-order valence-corrected chi connectivity index (χ4v) is 1.63. The third-order valence-electron chi connectivity index (χ3n) is 2.57. The molecule has 1 atom stereocenters. The Morgan fingerprint density at radius 2 is 1.74 bits per heavy atom. The van der Waals surface area contributed by atoms with Gasteiger partial charge in [0.1, 0.15) is 0 Å². The summed E-state index contributed by atoms with van der Waals surface area (Å²) in [6, 6.07) is 0. The molecule has 0 rings (SSSR count). The molecule has 0 radical (unpaired) electrons. The molecule has 0 aromatic heterocycles. The minimum atomic E-state index is -0.913. The molecular weight excluding hydrogens is 248 g/mol. The minimum Gasteiger partial charge on any atom is -0.481 e. The number of hydrogen-bond acceptors (Lipinski definition) is 3. The SMILES string of the molecule is CCCC(=O)NCC(=O)NCC(CC(C)C)C(=O)O. The Hall–Kier alpha value is -1.59. The third kappa shape index (κ3) is 9.04. The fourth-order valence-electron chi connectivity index (χ4n) is 1.63. The van der Waals surface area contributed by atoms with Crippen LogP contribution in [0.4, 0.5) is 0 Å². The first-order valence-corrected chi connectivity index (χ1v) is 6.63. The third-order valence-corrected chi connectivity index (χ3v) is 2.57. The lowest BCUT2D eigenvalue weighted by atomic mass is 9.97. The number of nitrogens with one attached hydrogen (secondary N) is 2. The maximum absolute atomic E-state index is 11.4. The average molecular weight is 272 g/mol. The number of carbonyl (C=O) groups excluding carboxylic acids is 2. The first-order chi connectivity index (χ1) is 8.86. The second kappa shape index (κ2) is 9.35. The Labute approximate surface area is 113 Å². The zero-order chi connectivity index (χ0) is 14.8. The van der Waals surface area contributed by atoms with Gasteiger partial charge in [-0.15, -0.1) is 0 Å². The van der Waals surface area contributed by atoms with E-state index in [-0.39, 0.29) is 30.8 Å². The summed E-state index contributed by atoms with van der Waals surface area (Å²) >= 11 is 0. The molecule has 0 aromatic carbocycles. The molecule has 110 valence electrons. The highest BCUT2D eigenvalue weighted by Gasteiger charge is 2.19. The normalized spacial score (nSPS) is 12.0. The quantitative estimate of drug-likeness (QED) is 0.577. The van der Waals surface area contributed by atoms with Gasteiger partial charge in [-0.25, -0.2) is 0 Å². The van der Waals surface area contributed by atoms with Gasteiger partial charge in [0, 0.05) is 13.0 Å². The summed E-state index contributed by atoms with van der Waals surface area (Å²) in [6.45, 7) is 5.73. The summed E-state index contributed by atoms with van der Waals surface area (Å²) in [7, 11) is 0. The van der Waals surface area contributed by atoms with Crippen molar-refractivity contribution in [3.8, 4) is 0 Å². The molecular formula is C13H24N2O4. The number of hydrogen-bond donors (Lipinski definition) is 3. The predicted molar refractivity (Wildman–Crippen MR) is 71.5 cm³/mol. The standard InChI is InChI=1S/C13H24N2O4/c1-4-5-11(16)15-8-12(17)14-7-10(13(18)19)6-9(2)3/h9-10H,4-8H2,1-3H3,(H,14,17)(H,15,16)(H,18,19). The van der Waals surface area contributed by atoms with Crippen molar-refractivity contribution in [3.63, 3.8) is 0 Å². The van der Waals surface area contributed by atoms with Crippen LogP contribution in [0, 0.1) is 11.8 Å². The molecule has 6 nitrogen and oxygen atoms in total. The Kier molecular flexibility index (Phi) is 8.57. The second-order valence-corrected chi connectivity index (χ2v) is 5.00. The fraction of sp³-hybridized carbons (Fsp3) is 0.769. The maximum Gasteiger partial charge on any atom is 0.308 e. The average Bonchev–Trinajstić information content (AvgIpc) is 2.31. The van der Waals surface area contributed by atoms with Crippen LogP contribution in [0.25, 0.3) is 0 Å². The lowest BCUT2D eigenvalue weighted by molar-refractivity contribution is -0.142. The summed E-state index contributed by atoms with van der Waals surface area (Å²) in [6.07, 6.45) is 1.62. The number of aliphatic carboxylic acids is 1. The van der Waals surface area contributed by atoms with E-state index < -0.39 is 11.9 Å². The Morgan fingerprint density at radius 3 is 2.21 bits per heavy atom. The van der Waals surface area contributed by atoms with Crippen molar-refractivity contribution in [1.29, 1.82) is 0 Å². The van der Waals surface area contributed by atoms with Crippen LogP contribution in [0.5, 0.6) is 0 Å². The molecule has 0 fully saturated rings. The van der Waals surface area contributed by atoms with Crippen molar-refractivity contribution >= 4 is 17.8 Å². The summed E-state index contributed by atoms with van der Waals surface area (Å²) in [4.78, 5) is 33.6. The van der Waals surface area contributed by atoms with E-state index in [4.69, 9.17) is 5.11 Å². The first kappa shape index (κ1) is 17.4. The van der Waals surface area contributed by atoms with Crippen molar-refractivity contribution in [1.82, 2.24) is 10.6 Å². The molecule has 3 N–H and O–H groups in total. The van der Waals surface area contributed by atoms with Gasteiger partial charge >= 0.3 is 5.97 Å². The van der Waals surface area contributed by atoms with Crippen LogP contribution in [-0.2, 0) is 14.4 Å². The molecule has 6 heteroatoms. The largest absolute Gasteiger partial charge is 0.481 e. The molecule has 0 bridgehead atoms. The van der Waals surface area contributed by atoms with Crippen molar-refractivity contribution in [2.45, 2.75) is 40.0 Å². The number of carboxylic acid groups (broad SMARTS) is 1. The van der Waals surface area contributed by atoms with Gasteiger partial charge < -0.3 is 15.7 Å². The zero-order valence-electron chi connectivity index (χ0n) is 11.9. The molecule has 0 aliphatic rings. The van der Waals surface area contributed by atoms with E-state index in [0.29, 0.717) is 12.8 Å². The van der Waals surface area contributed by atoms with Gasteiger partial charge in [0.15, 0.2) is 0 Å². The van der Waals surface area contributed by atoms with Crippen LogP contribution in [0.2, 0.25) is 0 Å². The van der Waals surface area contributed by atoms with Crippen LogP contribution in [0.3, 0.4) is 0 Å². The van der Waals surface area contributed by atoms with Crippen molar-refractivity contribution in [2.24, 2.45) is 11.8 Å². The molecule has 0 aliphatic heterocycles. The van der Waals surface area contributed by atoms with Crippen molar-refractivity contribution in [3.05, 3.63) is 0 Å². The molecule has 0 spiro atoms. The van der Waals surface area contributed by atoms with Crippen LogP contribution in [0.15, 0.2) is 0 Å². The van der Waals surface area contributed by atoms with Crippen LogP contribution < -0.4 is 10.6 Å². The van der Waals surface area contributed by atoms with Crippen LogP contribution >= 0.6 is 0 Å². The van der Waals surface area contributed by atoms with Gasteiger partial charge in [-0.2, -0.15) is 0 Å². The lowest BCUT2D eigenvalue weighted by Gasteiger charge is -2.15. The van der Waals surface area contributed by atoms with Gasteiger partial charge in [0.25, 0.3) is 0 Å². The molecule has 0 saturated carbocycles. The summed E-state index contributed by atoms with van der Waals surface area (Å²) in [5.74, 6) is -1.78. The number of carbonyl (C=O) groups is 3. The molecule has 0 saturated heterocycles. The van der Waals surface area contributed by atoms with Gasteiger partial charge in [-0.3, -0.25) is 14.4 Å². The van der Waals surface area contributed by atoms with Gasteiger partial charge in [0.05, 0.1) is 12.5 Å². The second-order valence-electron chi connectivity index (χ2n) is 5.00. The first-order valence-electron chi connectivity index (χ1n) is 6.63. The molecule has 19 heavy (non-hydrogen) atoms. The van der Waals surface area contributed by atoms with Gasteiger partial charge in [-0.05, 0) is 18.8 Å². The van der Waals surface area contributed by atoms with E-state index in [0.717, 1.165) is 6.42 Å². The van der Waals surface area contributed by atoms with E-state index in [9.17, 15) is 14.4 Å². The Bertz CT molecular complexity index is 316. The Balaban J connectivity index is 3.98. The zero-order valence-corrected chi connectivity index (χ0v) is 11.9. The number of rotatable bonds is 9. The van der Waals surface area contributed by atoms with Crippen LogP contribution in [-0.4, -0.2) is 36.0 Å². The maximum atomic E-state index is 11.4. The number of amides is 2. The summed E-state index contributed by atoms with van der Waals surface area (Å²) in [5.41, 5.74) is 0. The van der Waals surface area contributed by atoms with E-state index in [1.807, 2.05) is 20.8 Å². The summed E-state index contributed by atoms with van der Waals surface area (Å²) < 4.78 is 0. The van der Waals surface area contributed by atoms with E-state index in [1.165, 1.54) is 0 Å². The van der Waals surface area contributed by atoms with E-state index in [1.54, 1.807) is 0 Å². The number of carboxylic acids is 1. The topological polar surface area (TPSA) is 95.5 Å². The summed E-state index contributed by atoms with van der Waals surface area (Å²) in [5, 5.41) is 14.0. The van der Waals surface area contributed by atoms with E-state index >= 15 is 0 Å². The predicted octanol–water partition coefficient (Wildman–Crippen LogP) is 0.766. The highest BCUT2D eigenvalue weighted by molar-refractivity contribution is 5.84. The van der Waals surface area contributed by atoms with Crippen LogP contribution in [0.1, 0.15) is 40.0 Å². The van der Waals surface area contributed by atoms with Crippen molar-refractivity contribution in [2.75, 3.05) is 13.1 Å². The van der Waals surface area contributed by atoms with Gasteiger partial charge in [-0.1, -0.05) is 20.8 Å². The smallest absolute Gasteiger partial charge is 0.308 e. The van der Waals surface area contributed by atoms with E-state index in [2.05, 4.69) is 10.6 Å². The van der Waals surface area contributed by atoms with Crippen molar-refractivity contribution < 1.29 is 19.5 Å². The minimum absolute atomic E-state index is 0.0932. The van der Waals surface area contributed by atoms with Gasteiger partial charge in [0.2, 0.25) is 11.8 Å².